The number of aliphatic hydroxyl groups is 1. The average molecular weight is 240 g/mol. The van der Waals surface area contributed by atoms with Gasteiger partial charge in [0.15, 0.2) is 5.22 Å². The average Bonchev–Trinajstić information content (AvgIpc) is 2.74. The number of aromatic nitrogens is 1. The lowest BCUT2D eigenvalue weighted by Crippen LogP contribution is -2.00. The van der Waals surface area contributed by atoms with Crippen LogP contribution in [-0.2, 0) is 0 Å². The van der Waals surface area contributed by atoms with Gasteiger partial charge in [-0.05, 0) is 23.7 Å². The van der Waals surface area contributed by atoms with E-state index in [9.17, 15) is 5.11 Å². The van der Waals surface area contributed by atoms with Crippen molar-refractivity contribution in [1.29, 1.82) is 0 Å². The van der Waals surface area contributed by atoms with Gasteiger partial charge in [-0.15, -0.1) is 0 Å². The molecule has 0 amide bonds. The molecule has 0 radical (unpaired) electrons. The largest absolute Gasteiger partial charge is 0.495 e. The van der Waals surface area contributed by atoms with Crippen LogP contribution in [0.15, 0.2) is 35.2 Å². The smallest absolute Gasteiger partial charge is 0.199 e. The molecule has 2 rings (SSSR count). The Kier molecular flexibility index (Phi) is 3.12. The van der Waals surface area contributed by atoms with E-state index in [4.69, 9.17) is 20.8 Å². The highest BCUT2D eigenvalue weighted by Crippen LogP contribution is 2.29. The minimum Gasteiger partial charge on any atom is -0.495 e. The lowest BCUT2D eigenvalue weighted by Gasteiger charge is -2.09. The summed E-state index contributed by atoms with van der Waals surface area (Å²) < 4.78 is 9.94. The molecule has 0 bridgehead atoms. The summed E-state index contributed by atoms with van der Waals surface area (Å²) in [7, 11) is 1.54. The molecule has 2 aromatic rings. The second-order valence-electron chi connectivity index (χ2n) is 3.21. The van der Waals surface area contributed by atoms with Crippen molar-refractivity contribution in [3.63, 3.8) is 0 Å². The van der Waals surface area contributed by atoms with Crippen molar-refractivity contribution in [3.05, 3.63) is 47.1 Å². The molecule has 5 heteroatoms. The van der Waals surface area contributed by atoms with E-state index < -0.39 is 6.10 Å². The van der Waals surface area contributed by atoms with Crippen LogP contribution < -0.4 is 4.74 Å². The Morgan fingerprint density at radius 2 is 2.31 bits per heavy atom. The third-order valence-corrected chi connectivity index (χ3v) is 2.53. The van der Waals surface area contributed by atoms with Gasteiger partial charge in [-0.25, -0.2) is 0 Å². The molecule has 84 valence electrons. The van der Waals surface area contributed by atoms with Crippen LogP contribution in [0.25, 0.3) is 0 Å². The minimum absolute atomic E-state index is 0.176. The van der Waals surface area contributed by atoms with Crippen molar-refractivity contribution in [3.8, 4) is 5.75 Å². The second kappa shape index (κ2) is 4.55. The first-order chi connectivity index (χ1) is 7.72. The molecule has 2 aromatic heterocycles. The number of ether oxygens (including phenoxy) is 1. The van der Waals surface area contributed by atoms with E-state index in [1.54, 1.807) is 24.5 Å². The maximum Gasteiger partial charge on any atom is 0.199 e. The summed E-state index contributed by atoms with van der Waals surface area (Å²) in [6.07, 6.45) is 3.67. The van der Waals surface area contributed by atoms with Gasteiger partial charge in [0, 0.05) is 17.3 Å². The molecule has 0 saturated carbocycles. The van der Waals surface area contributed by atoms with Crippen LogP contribution in [-0.4, -0.2) is 17.2 Å². The van der Waals surface area contributed by atoms with Crippen molar-refractivity contribution in [2.24, 2.45) is 0 Å². The van der Waals surface area contributed by atoms with Crippen molar-refractivity contribution >= 4 is 11.6 Å². The van der Waals surface area contributed by atoms with Crippen molar-refractivity contribution in [2.75, 3.05) is 7.11 Å². The van der Waals surface area contributed by atoms with Crippen LogP contribution in [0.1, 0.15) is 17.2 Å². The molecular formula is C11H10ClNO3. The normalized spacial score (nSPS) is 12.4. The molecular weight excluding hydrogens is 230 g/mol. The van der Waals surface area contributed by atoms with E-state index in [2.05, 4.69) is 4.98 Å². The van der Waals surface area contributed by atoms with Gasteiger partial charge in [-0.2, -0.15) is 0 Å². The summed E-state index contributed by atoms with van der Waals surface area (Å²) in [6.45, 7) is 0. The molecule has 1 unspecified atom stereocenters. The number of halogens is 1. The first kappa shape index (κ1) is 11.0. The fourth-order valence-electron chi connectivity index (χ4n) is 1.38. The number of furan rings is 1. The van der Waals surface area contributed by atoms with Crippen LogP contribution in [0.5, 0.6) is 5.75 Å². The molecule has 1 atom stereocenters. The summed E-state index contributed by atoms with van der Waals surface area (Å²) >= 11 is 5.78. The maximum absolute atomic E-state index is 10.0. The Balaban J connectivity index is 2.33. The quantitative estimate of drug-likeness (QED) is 0.894. The lowest BCUT2D eigenvalue weighted by molar-refractivity contribution is 0.218. The number of pyridine rings is 1. The highest BCUT2D eigenvalue weighted by atomic mass is 35.5. The minimum atomic E-state index is -0.867. The Bertz CT molecular complexity index is 484. The van der Waals surface area contributed by atoms with E-state index in [1.807, 2.05) is 0 Å². The molecule has 16 heavy (non-hydrogen) atoms. The van der Waals surface area contributed by atoms with E-state index >= 15 is 0 Å². The topological polar surface area (TPSA) is 55.5 Å². The van der Waals surface area contributed by atoms with Crippen molar-refractivity contribution in [1.82, 2.24) is 4.98 Å². The molecule has 2 heterocycles. The first-order valence-corrected chi connectivity index (χ1v) is 5.00. The summed E-state index contributed by atoms with van der Waals surface area (Å²) in [6, 6.07) is 3.31. The second-order valence-corrected chi connectivity index (χ2v) is 3.55. The lowest BCUT2D eigenvalue weighted by atomic mass is 10.1. The predicted molar refractivity (Wildman–Crippen MR) is 58.6 cm³/mol. The highest BCUT2D eigenvalue weighted by molar-refractivity contribution is 6.29. The Morgan fingerprint density at radius 3 is 2.94 bits per heavy atom. The fourth-order valence-corrected chi connectivity index (χ4v) is 1.59. The van der Waals surface area contributed by atoms with E-state index in [0.29, 0.717) is 16.9 Å². The number of hydrogen-bond donors (Lipinski definition) is 1. The fraction of sp³-hybridized carbons (Fsp3) is 0.182. The van der Waals surface area contributed by atoms with Gasteiger partial charge in [0.05, 0.1) is 19.6 Å². The maximum atomic E-state index is 10.0. The van der Waals surface area contributed by atoms with Crippen LogP contribution >= 0.6 is 11.6 Å². The summed E-state index contributed by atoms with van der Waals surface area (Å²) in [5.41, 5.74) is 1.11. The predicted octanol–water partition coefficient (Wildman–Crippen LogP) is 2.42. The SMILES string of the molecule is COc1cncc(C(O)c2ccoc2Cl)c1. The summed E-state index contributed by atoms with van der Waals surface area (Å²) in [5, 5.41) is 10.2. The van der Waals surface area contributed by atoms with Crippen LogP contribution in [0.4, 0.5) is 0 Å². The number of nitrogens with zero attached hydrogens (tertiary/aromatic N) is 1. The van der Waals surface area contributed by atoms with Crippen molar-refractivity contribution in [2.45, 2.75) is 6.10 Å². The number of hydrogen-bond acceptors (Lipinski definition) is 4. The van der Waals surface area contributed by atoms with Crippen LogP contribution in [0.3, 0.4) is 0 Å². The summed E-state index contributed by atoms with van der Waals surface area (Å²) in [4.78, 5) is 3.96. The number of aliphatic hydroxyl groups excluding tert-OH is 1. The molecule has 0 aliphatic heterocycles. The Morgan fingerprint density at radius 1 is 1.50 bits per heavy atom. The van der Waals surface area contributed by atoms with Crippen molar-refractivity contribution < 1.29 is 14.3 Å². The standard InChI is InChI=1S/C11H10ClNO3/c1-15-8-4-7(5-13-6-8)10(14)9-2-3-16-11(9)12/h2-6,10,14H,1H3. The molecule has 0 spiro atoms. The van der Waals surface area contributed by atoms with Gasteiger partial charge in [-0.3, -0.25) is 4.98 Å². The van der Waals surface area contributed by atoms with Gasteiger partial charge in [-0.1, -0.05) is 0 Å². The number of rotatable bonds is 3. The third-order valence-electron chi connectivity index (χ3n) is 2.23. The van der Waals surface area contributed by atoms with Gasteiger partial charge in [0.25, 0.3) is 0 Å². The third kappa shape index (κ3) is 2.03. The van der Waals surface area contributed by atoms with Crippen LogP contribution in [0.2, 0.25) is 5.22 Å². The Labute approximate surface area is 97.4 Å². The first-order valence-electron chi connectivity index (χ1n) is 4.62. The van der Waals surface area contributed by atoms with Gasteiger partial charge < -0.3 is 14.3 Å². The van der Waals surface area contributed by atoms with E-state index in [1.165, 1.54) is 13.4 Å². The molecule has 4 nitrogen and oxygen atoms in total. The molecule has 1 N–H and O–H groups in total. The van der Waals surface area contributed by atoms with E-state index in [-0.39, 0.29) is 5.22 Å². The van der Waals surface area contributed by atoms with E-state index in [0.717, 1.165) is 0 Å². The van der Waals surface area contributed by atoms with Gasteiger partial charge >= 0.3 is 0 Å². The molecule has 0 aliphatic carbocycles. The zero-order chi connectivity index (χ0) is 11.5. The monoisotopic (exact) mass is 239 g/mol. The molecule has 0 fully saturated rings. The molecule has 0 aliphatic rings. The Hall–Kier alpha value is -1.52. The zero-order valence-corrected chi connectivity index (χ0v) is 9.31. The van der Waals surface area contributed by atoms with Gasteiger partial charge in [0.1, 0.15) is 11.9 Å². The number of methoxy groups -OCH3 is 1. The highest BCUT2D eigenvalue weighted by Gasteiger charge is 2.16. The summed E-state index contributed by atoms with van der Waals surface area (Å²) in [5.74, 6) is 0.580. The van der Waals surface area contributed by atoms with Crippen LogP contribution in [0, 0.1) is 0 Å². The zero-order valence-electron chi connectivity index (χ0n) is 8.55. The molecule has 0 saturated heterocycles. The van der Waals surface area contributed by atoms with Gasteiger partial charge in [0.2, 0.25) is 0 Å². The molecule has 0 aromatic carbocycles.